The van der Waals surface area contributed by atoms with Crippen LogP contribution in [0, 0.1) is 0 Å². The van der Waals surface area contributed by atoms with E-state index < -0.39 is 0 Å². The Morgan fingerprint density at radius 3 is 2.57 bits per heavy atom. The van der Waals surface area contributed by atoms with Crippen molar-refractivity contribution in [2.24, 2.45) is 0 Å². The molecule has 0 bridgehead atoms. The molecule has 2 aromatic heterocycles. The molecule has 0 aliphatic heterocycles. The maximum atomic E-state index is 5.72. The lowest BCUT2D eigenvalue weighted by Crippen LogP contribution is -2.04. The standard InChI is InChI=1S/C16H19N5OS/c1-4-21-14(11(2)3)18-20-16(21)23-10-13-17-19-15(22-13)12-8-6-5-7-9-12/h5-9,11H,4,10H2,1-3H3. The molecular weight excluding hydrogens is 310 g/mol. The molecule has 0 atom stereocenters. The normalized spacial score (nSPS) is 11.3. The van der Waals surface area contributed by atoms with Crippen molar-refractivity contribution in [2.75, 3.05) is 0 Å². The van der Waals surface area contributed by atoms with Gasteiger partial charge < -0.3 is 8.98 Å². The summed E-state index contributed by atoms with van der Waals surface area (Å²) in [5.41, 5.74) is 0.926. The van der Waals surface area contributed by atoms with Gasteiger partial charge in [-0.25, -0.2) is 0 Å². The second-order valence-electron chi connectivity index (χ2n) is 5.40. The number of aromatic nitrogens is 5. The van der Waals surface area contributed by atoms with Crippen molar-refractivity contribution in [3.05, 3.63) is 42.0 Å². The van der Waals surface area contributed by atoms with E-state index in [2.05, 4.69) is 45.7 Å². The van der Waals surface area contributed by atoms with Crippen molar-refractivity contribution in [1.82, 2.24) is 25.0 Å². The van der Waals surface area contributed by atoms with Gasteiger partial charge in [-0.05, 0) is 19.1 Å². The SMILES string of the molecule is CCn1c(SCc2nnc(-c3ccccc3)o2)nnc1C(C)C. The van der Waals surface area contributed by atoms with Crippen LogP contribution in [0.2, 0.25) is 0 Å². The van der Waals surface area contributed by atoms with E-state index in [9.17, 15) is 0 Å². The number of thioether (sulfide) groups is 1. The highest BCUT2D eigenvalue weighted by Gasteiger charge is 2.15. The lowest BCUT2D eigenvalue weighted by molar-refractivity contribution is 0.528. The third-order valence-corrected chi connectivity index (χ3v) is 4.34. The van der Waals surface area contributed by atoms with Crippen LogP contribution in [0.1, 0.15) is 38.4 Å². The first-order chi connectivity index (χ1) is 11.2. The summed E-state index contributed by atoms with van der Waals surface area (Å²) in [5, 5.41) is 17.6. The van der Waals surface area contributed by atoms with E-state index in [1.807, 2.05) is 30.3 Å². The summed E-state index contributed by atoms with van der Waals surface area (Å²) < 4.78 is 7.85. The van der Waals surface area contributed by atoms with Crippen molar-refractivity contribution in [3.63, 3.8) is 0 Å². The summed E-state index contributed by atoms with van der Waals surface area (Å²) in [6, 6.07) is 9.76. The maximum absolute atomic E-state index is 5.72. The zero-order valence-corrected chi connectivity index (χ0v) is 14.2. The fraction of sp³-hybridized carbons (Fsp3) is 0.375. The topological polar surface area (TPSA) is 69.6 Å². The molecule has 1 aromatic carbocycles. The molecule has 0 aliphatic rings. The van der Waals surface area contributed by atoms with Gasteiger partial charge in [0, 0.05) is 18.0 Å². The Bertz CT molecular complexity index is 766. The first-order valence-corrected chi connectivity index (χ1v) is 8.61. The molecule has 0 radical (unpaired) electrons. The molecule has 120 valence electrons. The molecule has 0 amide bonds. The molecule has 2 heterocycles. The van der Waals surface area contributed by atoms with E-state index in [0.717, 1.165) is 23.1 Å². The minimum absolute atomic E-state index is 0.352. The van der Waals surface area contributed by atoms with E-state index in [-0.39, 0.29) is 0 Å². The predicted molar refractivity (Wildman–Crippen MR) is 89.1 cm³/mol. The van der Waals surface area contributed by atoms with Gasteiger partial charge >= 0.3 is 0 Å². The number of nitrogens with zero attached hydrogens (tertiary/aromatic N) is 5. The molecule has 0 fully saturated rings. The van der Waals surface area contributed by atoms with Gasteiger partial charge in [-0.15, -0.1) is 20.4 Å². The smallest absolute Gasteiger partial charge is 0.247 e. The summed E-state index contributed by atoms with van der Waals surface area (Å²) >= 11 is 1.56. The Balaban J connectivity index is 1.71. The molecule has 6 nitrogen and oxygen atoms in total. The van der Waals surface area contributed by atoms with Crippen molar-refractivity contribution in [1.29, 1.82) is 0 Å². The average molecular weight is 329 g/mol. The van der Waals surface area contributed by atoms with Crippen LogP contribution < -0.4 is 0 Å². The van der Waals surface area contributed by atoms with Gasteiger partial charge in [0.2, 0.25) is 11.8 Å². The highest BCUT2D eigenvalue weighted by Crippen LogP contribution is 2.25. The first kappa shape index (κ1) is 15.7. The fourth-order valence-corrected chi connectivity index (χ4v) is 3.11. The van der Waals surface area contributed by atoms with Crippen LogP contribution in [0.5, 0.6) is 0 Å². The Morgan fingerprint density at radius 1 is 1.09 bits per heavy atom. The van der Waals surface area contributed by atoms with Gasteiger partial charge in [-0.2, -0.15) is 0 Å². The largest absolute Gasteiger partial charge is 0.420 e. The number of benzene rings is 1. The lowest BCUT2D eigenvalue weighted by Gasteiger charge is -2.08. The third-order valence-electron chi connectivity index (χ3n) is 3.39. The van der Waals surface area contributed by atoms with Crippen LogP contribution in [-0.4, -0.2) is 25.0 Å². The highest BCUT2D eigenvalue weighted by molar-refractivity contribution is 7.98. The Hall–Kier alpha value is -2.15. The van der Waals surface area contributed by atoms with E-state index in [4.69, 9.17) is 4.42 Å². The van der Waals surface area contributed by atoms with Crippen LogP contribution in [0.25, 0.3) is 11.5 Å². The second-order valence-corrected chi connectivity index (χ2v) is 6.34. The van der Waals surface area contributed by atoms with E-state index in [0.29, 0.717) is 23.5 Å². The summed E-state index contributed by atoms with van der Waals surface area (Å²) in [5.74, 6) is 3.07. The zero-order valence-electron chi connectivity index (χ0n) is 13.4. The number of rotatable bonds is 6. The zero-order chi connectivity index (χ0) is 16.2. The molecular formula is C16H19N5OS. The Labute approximate surface area is 139 Å². The minimum atomic E-state index is 0.352. The molecule has 0 unspecified atom stereocenters. The van der Waals surface area contributed by atoms with Gasteiger partial charge in [-0.3, -0.25) is 0 Å². The van der Waals surface area contributed by atoms with E-state index in [1.54, 1.807) is 11.8 Å². The average Bonchev–Trinajstić information content (AvgIpc) is 3.20. The molecule has 3 aromatic rings. The summed E-state index contributed by atoms with van der Waals surface area (Å²) in [6.45, 7) is 7.19. The van der Waals surface area contributed by atoms with Crippen LogP contribution in [-0.2, 0) is 12.3 Å². The van der Waals surface area contributed by atoms with Crippen molar-refractivity contribution >= 4 is 11.8 Å². The molecule has 0 spiro atoms. The summed E-state index contributed by atoms with van der Waals surface area (Å²) in [4.78, 5) is 0. The van der Waals surface area contributed by atoms with Gasteiger partial charge in [0.05, 0.1) is 5.75 Å². The predicted octanol–water partition coefficient (Wildman–Crippen LogP) is 3.76. The third kappa shape index (κ3) is 3.44. The monoisotopic (exact) mass is 329 g/mol. The van der Waals surface area contributed by atoms with Crippen LogP contribution in [0.3, 0.4) is 0 Å². The molecule has 0 saturated heterocycles. The van der Waals surface area contributed by atoms with Crippen LogP contribution in [0.4, 0.5) is 0 Å². The summed E-state index contributed by atoms with van der Waals surface area (Å²) in [6.07, 6.45) is 0. The quantitative estimate of drug-likeness (QED) is 0.641. The van der Waals surface area contributed by atoms with Gasteiger partial charge in [0.1, 0.15) is 5.82 Å². The van der Waals surface area contributed by atoms with Crippen molar-refractivity contribution < 1.29 is 4.42 Å². The maximum Gasteiger partial charge on any atom is 0.247 e. The molecule has 0 saturated carbocycles. The molecule has 23 heavy (non-hydrogen) atoms. The van der Waals surface area contributed by atoms with Gasteiger partial charge in [0.25, 0.3) is 0 Å². The molecule has 7 heteroatoms. The van der Waals surface area contributed by atoms with Crippen molar-refractivity contribution in [3.8, 4) is 11.5 Å². The Morgan fingerprint density at radius 2 is 1.87 bits per heavy atom. The number of hydrogen-bond acceptors (Lipinski definition) is 6. The van der Waals surface area contributed by atoms with E-state index in [1.165, 1.54) is 0 Å². The summed E-state index contributed by atoms with van der Waals surface area (Å²) in [7, 11) is 0. The highest BCUT2D eigenvalue weighted by atomic mass is 32.2. The molecule has 0 aliphatic carbocycles. The Kier molecular flexibility index (Phi) is 4.76. The molecule has 3 rings (SSSR count). The fourth-order valence-electron chi connectivity index (χ4n) is 2.27. The second kappa shape index (κ2) is 6.95. The number of hydrogen-bond donors (Lipinski definition) is 0. The minimum Gasteiger partial charge on any atom is -0.420 e. The molecule has 0 N–H and O–H groups in total. The van der Waals surface area contributed by atoms with E-state index >= 15 is 0 Å². The van der Waals surface area contributed by atoms with Gasteiger partial charge in [0.15, 0.2) is 5.16 Å². The van der Waals surface area contributed by atoms with Crippen LogP contribution >= 0.6 is 11.8 Å². The van der Waals surface area contributed by atoms with Crippen LogP contribution in [0.15, 0.2) is 39.9 Å². The van der Waals surface area contributed by atoms with Gasteiger partial charge in [-0.1, -0.05) is 43.8 Å². The lowest BCUT2D eigenvalue weighted by atomic mass is 10.2. The first-order valence-electron chi connectivity index (χ1n) is 7.62. The van der Waals surface area contributed by atoms with Crippen molar-refractivity contribution in [2.45, 2.75) is 44.1 Å².